The average Bonchev–Trinajstić information content (AvgIpc) is 3.01. The first-order valence-electron chi connectivity index (χ1n) is 7.20. The second kappa shape index (κ2) is 5.69. The molecule has 3 N–H and O–H groups in total. The Morgan fingerprint density at radius 2 is 2.33 bits per heavy atom. The van der Waals surface area contributed by atoms with Gasteiger partial charge < -0.3 is 15.8 Å². The number of aryl methyl sites for hydroxylation is 1. The van der Waals surface area contributed by atoms with Gasteiger partial charge in [-0.3, -0.25) is 9.78 Å². The summed E-state index contributed by atoms with van der Waals surface area (Å²) in [5.41, 5.74) is 8.07. The molecule has 0 saturated carbocycles. The van der Waals surface area contributed by atoms with E-state index in [9.17, 15) is 4.79 Å². The summed E-state index contributed by atoms with van der Waals surface area (Å²) in [6, 6.07) is 5.61. The first-order valence-corrected chi connectivity index (χ1v) is 7.20. The van der Waals surface area contributed by atoms with Crippen LogP contribution in [-0.4, -0.2) is 30.1 Å². The van der Waals surface area contributed by atoms with E-state index in [1.165, 1.54) is 0 Å². The Hall–Kier alpha value is -2.14. The predicted molar refractivity (Wildman–Crippen MR) is 82.2 cm³/mol. The Balaban J connectivity index is 1.89. The zero-order valence-corrected chi connectivity index (χ0v) is 12.1. The summed E-state index contributed by atoms with van der Waals surface area (Å²) in [4.78, 5) is 16.7. The Morgan fingerprint density at radius 3 is 3.10 bits per heavy atom. The molecule has 1 aromatic carbocycles. The summed E-state index contributed by atoms with van der Waals surface area (Å²) >= 11 is 0. The normalized spacial score (nSPS) is 18.0. The van der Waals surface area contributed by atoms with Crippen LogP contribution >= 0.6 is 0 Å². The second-order valence-corrected chi connectivity index (χ2v) is 5.40. The van der Waals surface area contributed by atoms with E-state index < -0.39 is 0 Å². The zero-order valence-electron chi connectivity index (χ0n) is 12.1. The number of amides is 1. The maximum absolute atomic E-state index is 12.4. The number of rotatable bonds is 3. The maximum atomic E-state index is 12.4. The number of ether oxygens (including phenoxy) is 1. The molecule has 1 aliphatic rings. The van der Waals surface area contributed by atoms with Crippen LogP contribution in [-0.2, 0) is 4.74 Å². The number of carbonyl (C=O) groups excluding carboxylic acids is 1. The van der Waals surface area contributed by atoms with Crippen LogP contribution in [0.5, 0.6) is 0 Å². The number of nitrogens with zero attached hydrogens (tertiary/aromatic N) is 1. The molecule has 2 aromatic rings. The molecule has 0 radical (unpaired) electrons. The summed E-state index contributed by atoms with van der Waals surface area (Å²) in [5.74, 6) is -0.176. The summed E-state index contributed by atoms with van der Waals surface area (Å²) in [7, 11) is 0. The molecule has 0 aliphatic carbocycles. The fraction of sp³-hybridized carbons (Fsp3) is 0.375. The summed E-state index contributed by atoms with van der Waals surface area (Å²) in [6.07, 6.45) is 3.80. The van der Waals surface area contributed by atoms with Crippen LogP contribution in [0.2, 0.25) is 0 Å². The minimum Gasteiger partial charge on any atom is -0.398 e. The number of pyridine rings is 1. The van der Waals surface area contributed by atoms with E-state index in [2.05, 4.69) is 10.3 Å². The van der Waals surface area contributed by atoms with Gasteiger partial charge in [0.1, 0.15) is 5.69 Å². The number of nitrogen functional groups attached to an aromatic ring is 1. The van der Waals surface area contributed by atoms with Crippen molar-refractivity contribution in [1.82, 2.24) is 10.3 Å². The van der Waals surface area contributed by atoms with Gasteiger partial charge in [0, 0.05) is 35.8 Å². The van der Waals surface area contributed by atoms with E-state index in [-0.39, 0.29) is 12.0 Å². The predicted octanol–water partition coefficient (Wildman–Crippen LogP) is 2.03. The van der Waals surface area contributed by atoms with E-state index in [4.69, 9.17) is 10.5 Å². The molecule has 21 heavy (non-hydrogen) atoms. The van der Waals surface area contributed by atoms with Gasteiger partial charge >= 0.3 is 0 Å². The van der Waals surface area contributed by atoms with Gasteiger partial charge in [-0.15, -0.1) is 0 Å². The van der Waals surface area contributed by atoms with Crippen molar-refractivity contribution in [2.75, 3.05) is 18.9 Å². The van der Waals surface area contributed by atoms with Crippen LogP contribution in [0.3, 0.4) is 0 Å². The van der Waals surface area contributed by atoms with Gasteiger partial charge in [0.2, 0.25) is 0 Å². The average molecular weight is 285 g/mol. The Kier molecular flexibility index (Phi) is 3.75. The molecule has 1 fully saturated rings. The molecule has 1 aromatic heterocycles. The molecule has 1 amide bonds. The molecule has 1 atom stereocenters. The number of nitrogens with one attached hydrogen (secondary N) is 1. The quantitative estimate of drug-likeness (QED) is 0.846. The highest BCUT2D eigenvalue weighted by molar-refractivity contribution is 6.09. The number of anilines is 1. The highest BCUT2D eigenvalue weighted by Crippen LogP contribution is 2.26. The third-order valence-electron chi connectivity index (χ3n) is 3.90. The van der Waals surface area contributed by atoms with Crippen LogP contribution in [0.25, 0.3) is 10.8 Å². The van der Waals surface area contributed by atoms with Crippen molar-refractivity contribution in [1.29, 1.82) is 0 Å². The SMILES string of the molecule is Cc1ccc(N)c2ccnc(C(=O)NCC3CCCO3)c12. The Labute approximate surface area is 123 Å². The highest BCUT2D eigenvalue weighted by Gasteiger charge is 2.19. The number of carbonyl (C=O) groups is 1. The number of hydrogen-bond acceptors (Lipinski definition) is 4. The number of hydrogen-bond donors (Lipinski definition) is 2. The van der Waals surface area contributed by atoms with Gasteiger partial charge in [-0.05, 0) is 37.5 Å². The fourth-order valence-corrected chi connectivity index (χ4v) is 2.76. The number of aromatic nitrogens is 1. The van der Waals surface area contributed by atoms with Gasteiger partial charge in [-0.25, -0.2) is 0 Å². The topological polar surface area (TPSA) is 77.2 Å². The van der Waals surface area contributed by atoms with E-state index in [0.29, 0.717) is 17.9 Å². The highest BCUT2D eigenvalue weighted by atomic mass is 16.5. The monoisotopic (exact) mass is 285 g/mol. The van der Waals surface area contributed by atoms with Crippen LogP contribution in [0, 0.1) is 6.92 Å². The molecule has 1 unspecified atom stereocenters. The molecule has 0 bridgehead atoms. The number of benzene rings is 1. The van der Waals surface area contributed by atoms with Crippen LogP contribution in [0.4, 0.5) is 5.69 Å². The molecule has 3 rings (SSSR count). The molecule has 1 aliphatic heterocycles. The van der Waals surface area contributed by atoms with Crippen molar-refractivity contribution in [3.63, 3.8) is 0 Å². The minimum absolute atomic E-state index is 0.120. The smallest absolute Gasteiger partial charge is 0.270 e. The Morgan fingerprint density at radius 1 is 1.48 bits per heavy atom. The zero-order chi connectivity index (χ0) is 14.8. The first kappa shape index (κ1) is 13.8. The maximum Gasteiger partial charge on any atom is 0.270 e. The van der Waals surface area contributed by atoms with Crippen molar-refractivity contribution in [3.05, 3.63) is 35.7 Å². The van der Waals surface area contributed by atoms with Gasteiger partial charge in [0.15, 0.2) is 0 Å². The van der Waals surface area contributed by atoms with Crippen LogP contribution in [0.15, 0.2) is 24.4 Å². The number of fused-ring (bicyclic) bond motifs is 1. The first-order chi connectivity index (χ1) is 10.2. The lowest BCUT2D eigenvalue weighted by Gasteiger charge is -2.13. The Bertz CT molecular complexity index is 679. The summed E-state index contributed by atoms with van der Waals surface area (Å²) < 4.78 is 5.51. The van der Waals surface area contributed by atoms with Gasteiger partial charge in [0.25, 0.3) is 5.91 Å². The van der Waals surface area contributed by atoms with Crippen LogP contribution in [0.1, 0.15) is 28.9 Å². The van der Waals surface area contributed by atoms with Crippen molar-refractivity contribution in [2.45, 2.75) is 25.9 Å². The van der Waals surface area contributed by atoms with Gasteiger partial charge in [0.05, 0.1) is 6.10 Å². The molecular formula is C16H19N3O2. The third-order valence-corrected chi connectivity index (χ3v) is 3.90. The van der Waals surface area contributed by atoms with Crippen molar-refractivity contribution >= 4 is 22.4 Å². The molecule has 5 heteroatoms. The second-order valence-electron chi connectivity index (χ2n) is 5.40. The van der Waals surface area contributed by atoms with Gasteiger partial charge in [-0.2, -0.15) is 0 Å². The van der Waals surface area contributed by atoms with E-state index >= 15 is 0 Å². The van der Waals surface area contributed by atoms with Crippen molar-refractivity contribution in [3.8, 4) is 0 Å². The standard InChI is InChI=1S/C16H19N3O2/c1-10-4-5-13(17)12-6-7-18-15(14(10)12)16(20)19-9-11-3-2-8-21-11/h4-7,11H,2-3,8-9,17H2,1H3,(H,19,20). The lowest BCUT2D eigenvalue weighted by Crippen LogP contribution is -2.32. The van der Waals surface area contributed by atoms with E-state index in [1.54, 1.807) is 6.20 Å². The van der Waals surface area contributed by atoms with E-state index in [0.717, 1.165) is 35.8 Å². The van der Waals surface area contributed by atoms with E-state index in [1.807, 2.05) is 25.1 Å². The van der Waals surface area contributed by atoms with Crippen molar-refractivity contribution < 1.29 is 9.53 Å². The molecule has 1 saturated heterocycles. The fourth-order valence-electron chi connectivity index (χ4n) is 2.76. The summed E-state index contributed by atoms with van der Waals surface area (Å²) in [6.45, 7) is 3.27. The van der Waals surface area contributed by atoms with Gasteiger partial charge in [-0.1, -0.05) is 6.07 Å². The van der Waals surface area contributed by atoms with Crippen LogP contribution < -0.4 is 11.1 Å². The molecular weight excluding hydrogens is 266 g/mol. The molecule has 110 valence electrons. The molecule has 2 heterocycles. The lowest BCUT2D eigenvalue weighted by atomic mass is 10.0. The minimum atomic E-state index is -0.176. The molecule has 0 spiro atoms. The van der Waals surface area contributed by atoms with Crippen molar-refractivity contribution in [2.24, 2.45) is 0 Å². The number of nitrogens with two attached hydrogens (primary N) is 1. The lowest BCUT2D eigenvalue weighted by molar-refractivity contribution is 0.0855. The third kappa shape index (κ3) is 2.69. The largest absolute Gasteiger partial charge is 0.398 e. The molecule has 5 nitrogen and oxygen atoms in total. The summed E-state index contributed by atoms with van der Waals surface area (Å²) in [5, 5.41) is 4.60.